The molecule has 0 amide bonds. The molecule has 0 aliphatic rings. The molecular formula is C24H46O5. The summed E-state index contributed by atoms with van der Waals surface area (Å²) in [6.45, 7) is 4.00. The van der Waals surface area contributed by atoms with E-state index in [9.17, 15) is 14.7 Å². The summed E-state index contributed by atoms with van der Waals surface area (Å²) in [4.78, 5) is 23.6. The van der Waals surface area contributed by atoms with Crippen LogP contribution < -0.4 is 0 Å². The molecule has 0 rings (SSSR count). The quantitative estimate of drug-likeness (QED) is 0.181. The number of hydrogen-bond acceptors (Lipinski definition) is 5. The first-order valence-electron chi connectivity index (χ1n) is 12.1. The summed E-state index contributed by atoms with van der Waals surface area (Å²) in [5.74, 6) is -0.607. The van der Waals surface area contributed by atoms with Crippen LogP contribution in [0, 0.1) is 0 Å². The molecule has 0 saturated heterocycles. The molecule has 0 aliphatic heterocycles. The Morgan fingerprint density at radius 1 is 0.655 bits per heavy atom. The number of carbonyl (C=O) groups excluding carboxylic acids is 2. The van der Waals surface area contributed by atoms with Gasteiger partial charge < -0.3 is 14.6 Å². The minimum Gasteiger partial charge on any atom is -0.462 e. The topological polar surface area (TPSA) is 72.8 Å². The van der Waals surface area contributed by atoms with Gasteiger partial charge in [-0.15, -0.1) is 0 Å². The van der Waals surface area contributed by atoms with Crippen molar-refractivity contribution in [2.45, 2.75) is 129 Å². The van der Waals surface area contributed by atoms with E-state index >= 15 is 0 Å². The van der Waals surface area contributed by atoms with Crippen LogP contribution in [0.1, 0.15) is 123 Å². The van der Waals surface area contributed by atoms with Crippen LogP contribution in [-0.2, 0) is 19.1 Å². The van der Waals surface area contributed by atoms with Gasteiger partial charge in [0.05, 0.1) is 6.61 Å². The van der Waals surface area contributed by atoms with Crippen molar-refractivity contribution in [3.63, 3.8) is 0 Å². The number of unbranched alkanes of at least 4 members (excludes halogenated alkanes) is 13. The maximum atomic E-state index is 11.8. The number of rotatable bonds is 21. The third-order valence-electron chi connectivity index (χ3n) is 5.15. The van der Waals surface area contributed by atoms with Gasteiger partial charge in [-0.3, -0.25) is 9.59 Å². The van der Waals surface area contributed by atoms with Crippen LogP contribution in [0.25, 0.3) is 0 Å². The van der Waals surface area contributed by atoms with E-state index in [-0.39, 0.29) is 25.2 Å². The average molecular weight is 415 g/mol. The van der Waals surface area contributed by atoms with Gasteiger partial charge in [0.25, 0.3) is 0 Å². The fourth-order valence-electron chi connectivity index (χ4n) is 3.26. The minimum atomic E-state index is -0.755. The monoisotopic (exact) mass is 414 g/mol. The number of aliphatic hydroxyl groups is 1. The molecule has 0 radical (unpaired) electrons. The molecule has 0 aliphatic carbocycles. The molecule has 1 N–H and O–H groups in total. The molecule has 0 aromatic rings. The summed E-state index contributed by atoms with van der Waals surface area (Å²) in [7, 11) is 0. The van der Waals surface area contributed by atoms with Gasteiger partial charge in [-0.25, -0.2) is 0 Å². The van der Waals surface area contributed by atoms with E-state index in [2.05, 4.69) is 13.8 Å². The molecule has 0 spiro atoms. The van der Waals surface area contributed by atoms with Gasteiger partial charge in [-0.2, -0.15) is 0 Å². The summed E-state index contributed by atoms with van der Waals surface area (Å²) in [5.41, 5.74) is 0. The molecule has 0 unspecified atom stereocenters. The van der Waals surface area contributed by atoms with Gasteiger partial charge >= 0.3 is 11.9 Å². The van der Waals surface area contributed by atoms with E-state index in [0.29, 0.717) is 12.8 Å². The molecule has 29 heavy (non-hydrogen) atoms. The predicted octanol–water partition coefficient (Wildman–Crippen LogP) is 6.11. The van der Waals surface area contributed by atoms with Crippen molar-refractivity contribution in [3.05, 3.63) is 0 Å². The number of carbonyl (C=O) groups is 2. The largest absolute Gasteiger partial charge is 0.462 e. The lowest BCUT2D eigenvalue weighted by Gasteiger charge is -2.15. The lowest BCUT2D eigenvalue weighted by atomic mass is 10.1. The standard InChI is InChI=1S/C24H46O5/c1-3-5-7-9-10-11-12-13-15-16-18-23(26)28-21-22(20-25)29-24(27)19-17-14-8-6-4-2/h22,25H,3-21H2,1-2H3/t22-/m0/s1. The summed E-state index contributed by atoms with van der Waals surface area (Å²) in [5, 5.41) is 9.33. The summed E-state index contributed by atoms with van der Waals surface area (Å²) in [6, 6.07) is 0. The van der Waals surface area contributed by atoms with Crippen molar-refractivity contribution in [2.24, 2.45) is 0 Å². The molecule has 5 heteroatoms. The second-order valence-corrected chi connectivity index (χ2v) is 8.07. The Bertz CT molecular complexity index is 383. The number of ether oxygens (including phenoxy) is 2. The minimum absolute atomic E-state index is 0.0608. The average Bonchev–Trinajstić information content (AvgIpc) is 2.72. The van der Waals surface area contributed by atoms with Crippen molar-refractivity contribution in [2.75, 3.05) is 13.2 Å². The first-order chi connectivity index (χ1) is 14.1. The van der Waals surface area contributed by atoms with E-state index in [1.54, 1.807) is 0 Å². The highest BCUT2D eigenvalue weighted by molar-refractivity contribution is 5.70. The zero-order chi connectivity index (χ0) is 21.6. The third kappa shape index (κ3) is 20.0. The maximum absolute atomic E-state index is 11.8. The number of aliphatic hydroxyl groups excluding tert-OH is 1. The lowest BCUT2D eigenvalue weighted by molar-refractivity contribution is -0.161. The van der Waals surface area contributed by atoms with Crippen LogP contribution in [0.15, 0.2) is 0 Å². The molecule has 1 atom stereocenters. The van der Waals surface area contributed by atoms with Crippen LogP contribution in [0.3, 0.4) is 0 Å². The van der Waals surface area contributed by atoms with Crippen LogP contribution in [0.5, 0.6) is 0 Å². The Labute approximate surface area is 178 Å². The SMILES string of the molecule is CCCCCCCCCCCCC(=O)OC[C@H](CO)OC(=O)CCCCCCC. The normalized spacial score (nSPS) is 12.0. The van der Waals surface area contributed by atoms with Crippen molar-refractivity contribution in [1.29, 1.82) is 0 Å². The number of hydrogen-bond donors (Lipinski definition) is 1. The van der Waals surface area contributed by atoms with E-state index in [1.807, 2.05) is 0 Å². The van der Waals surface area contributed by atoms with Crippen LogP contribution in [0.4, 0.5) is 0 Å². The Balaban J connectivity index is 3.61. The van der Waals surface area contributed by atoms with E-state index < -0.39 is 6.10 Å². The van der Waals surface area contributed by atoms with Crippen LogP contribution in [0.2, 0.25) is 0 Å². The summed E-state index contributed by atoms with van der Waals surface area (Å²) < 4.78 is 10.4. The fourth-order valence-corrected chi connectivity index (χ4v) is 3.26. The Hall–Kier alpha value is -1.10. The molecule has 0 aromatic heterocycles. The smallest absolute Gasteiger partial charge is 0.306 e. The highest BCUT2D eigenvalue weighted by atomic mass is 16.6. The highest BCUT2D eigenvalue weighted by Crippen LogP contribution is 2.12. The molecule has 0 saturated carbocycles. The molecule has 172 valence electrons. The van der Waals surface area contributed by atoms with E-state index in [0.717, 1.165) is 38.5 Å². The second-order valence-electron chi connectivity index (χ2n) is 8.07. The Kier molecular flexibility index (Phi) is 20.8. The Morgan fingerprint density at radius 3 is 1.52 bits per heavy atom. The highest BCUT2D eigenvalue weighted by Gasteiger charge is 2.15. The third-order valence-corrected chi connectivity index (χ3v) is 5.15. The van der Waals surface area contributed by atoms with Crippen molar-refractivity contribution in [3.8, 4) is 0 Å². The van der Waals surface area contributed by atoms with Crippen LogP contribution >= 0.6 is 0 Å². The molecule has 0 bridgehead atoms. The second kappa shape index (κ2) is 21.6. The molecule has 0 fully saturated rings. The summed E-state index contributed by atoms with van der Waals surface area (Å²) in [6.07, 6.45) is 17.5. The van der Waals surface area contributed by atoms with Gasteiger partial charge in [0.1, 0.15) is 6.61 Å². The van der Waals surface area contributed by atoms with Crippen molar-refractivity contribution < 1.29 is 24.2 Å². The van der Waals surface area contributed by atoms with Crippen molar-refractivity contribution in [1.82, 2.24) is 0 Å². The van der Waals surface area contributed by atoms with Crippen LogP contribution in [-0.4, -0.2) is 36.4 Å². The molecule has 0 aromatic carbocycles. The first kappa shape index (κ1) is 27.9. The van der Waals surface area contributed by atoms with E-state index in [1.165, 1.54) is 57.8 Å². The zero-order valence-electron chi connectivity index (χ0n) is 19.1. The van der Waals surface area contributed by atoms with E-state index in [4.69, 9.17) is 9.47 Å². The van der Waals surface area contributed by atoms with Crippen molar-refractivity contribution >= 4 is 11.9 Å². The van der Waals surface area contributed by atoms with Gasteiger partial charge in [0.2, 0.25) is 0 Å². The van der Waals surface area contributed by atoms with Gasteiger partial charge in [-0.05, 0) is 12.8 Å². The first-order valence-corrected chi connectivity index (χ1v) is 12.1. The lowest BCUT2D eigenvalue weighted by Crippen LogP contribution is -2.28. The van der Waals surface area contributed by atoms with Gasteiger partial charge in [0.15, 0.2) is 6.10 Å². The Morgan fingerprint density at radius 2 is 1.07 bits per heavy atom. The zero-order valence-corrected chi connectivity index (χ0v) is 19.1. The fraction of sp³-hybridized carbons (Fsp3) is 0.917. The van der Waals surface area contributed by atoms with Gasteiger partial charge in [-0.1, -0.05) is 97.3 Å². The maximum Gasteiger partial charge on any atom is 0.306 e. The molecular weight excluding hydrogens is 368 g/mol. The summed E-state index contributed by atoms with van der Waals surface area (Å²) >= 11 is 0. The number of esters is 2. The molecule has 0 heterocycles. The molecule has 5 nitrogen and oxygen atoms in total. The predicted molar refractivity (Wildman–Crippen MR) is 118 cm³/mol. The van der Waals surface area contributed by atoms with Gasteiger partial charge in [0, 0.05) is 12.8 Å².